The Morgan fingerprint density at radius 2 is 1.84 bits per heavy atom. The van der Waals surface area contributed by atoms with Crippen LogP contribution in [-0.4, -0.2) is 45.0 Å². The van der Waals surface area contributed by atoms with Crippen molar-refractivity contribution in [1.82, 2.24) is 10.6 Å². The maximum absolute atomic E-state index is 11.6. The molecule has 0 aromatic rings. The third kappa shape index (κ3) is 8.28. The van der Waals surface area contributed by atoms with E-state index in [2.05, 4.69) is 36.1 Å². The quantitative estimate of drug-likeness (QED) is 0.273. The monoisotopic (exact) mass is 483 g/mol. The molecule has 3 unspecified atom stereocenters. The van der Waals surface area contributed by atoms with Crippen LogP contribution in [0.15, 0.2) is 17.1 Å². The van der Waals surface area contributed by atoms with Gasteiger partial charge in [0.05, 0.1) is 18.1 Å². The molecule has 1 aliphatic heterocycles. The SMILES string of the molecule is C=C(C)CN=C(NCC1CCS(=O)(=O)C1)NC1CC(C)CC(C)C1.I. The molecule has 0 amide bonds. The van der Waals surface area contributed by atoms with E-state index in [9.17, 15) is 8.42 Å². The molecule has 0 aromatic heterocycles. The number of guanidine groups is 1. The number of halogens is 1. The molecule has 1 heterocycles. The molecule has 1 saturated heterocycles. The second kappa shape index (κ2) is 10.1. The largest absolute Gasteiger partial charge is 0.356 e. The fourth-order valence-electron chi connectivity index (χ4n) is 3.90. The lowest BCUT2D eigenvalue weighted by molar-refractivity contribution is 0.255. The molecule has 2 aliphatic rings. The predicted octanol–water partition coefficient (Wildman–Crippen LogP) is 2.98. The van der Waals surface area contributed by atoms with Crippen molar-refractivity contribution in [2.24, 2.45) is 22.7 Å². The molecule has 146 valence electrons. The lowest BCUT2D eigenvalue weighted by Crippen LogP contribution is -2.47. The van der Waals surface area contributed by atoms with Crippen LogP contribution in [0.25, 0.3) is 0 Å². The van der Waals surface area contributed by atoms with Gasteiger partial charge < -0.3 is 10.6 Å². The van der Waals surface area contributed by atoms with E-state index in [1.54, 1.807) is 0 Å². The van der Waals surface area contributed by atoms with Crippen LogP contribution in [0.3, 0.4) is 0 Å². The zero-order chi connectivity index (χ0) is 17.7. The van der Waals surface area contributed by atoms with Crippen LogP contribution in [-0.2, 0) is 9.84 Å². The van der Waals surface area contributed by atoms with E-state index in [4.69, 9.17) is 0 Å². The van der Waals surface area contributed by atoms with Gasteiger partial charge in [-0.2, -0.15) is 0 Å². The summed E-state index contributed by atoms with van der Waals surface area (Å²) in [6.07, 6.45) is 4.37. The van der Waals surface area contributed by atoms with Crippen LogP contribution in [0, 0.1) is 17.8 Å². The highest BCUT2D eigenvalue weighted by Gasteiger charge is 2.28. The van der Waals surface area contributed by atoms with Crippen LogP contribution in [0.4, 0.5) is 0 Å². The number of nitrogens with one attached hydrogen (secondary N) is 2. The lowest BCUT2D eigenvalue weighted by Gasteiger charge is -2.33. The number of hydrogen-bond donors (Lipinski definition) is 2. The second-order valence-corrected chi connectivity index (χ2v) is 10.3. The van der Waals surface area contributed by atoms with Crippen LogP contribution < -0.4 is 10.6 Å². The zero-order valence-electron chi connectivity index (χ0n) is 15.8. The molecule has 2 rings (SSSR count). The van der Waals surface area contributed by atoms with Gasteiger partial charge in [-0.15, -0.1) is 24.0 Å². The van der Waals surface area contributed by atoms with E-state index in [0.29, 0.717) is 30.6 Å². The Labute approximate surface area is 170 Å². The molecule has 25 heavy (non-hydrogen) atoms. The number of aliphatic imine (C=N–C) groups is 1. The van der Waals surface area contributed by atoms with E-state index in [-0.39, 0.29) is 29.9 Å². The molecule has 7 heteroatoms. The molecule has 3 atom stereocenters. The molecule has 0 spiro atoms. The summed E-state index contributed by atoms with van der Waals surface area (Å²) in [6, 6.07) is 0.437. The number of rotatable bonds is 5. The van der Waals surface area contributed by atoms with Crippen molar-refractivity contribution < 1.29 is 8.42 Å². The summed E-state index contributed by atoms with van der Waals surface area (Å²) >= 11 is 0. The van der Waals surface area contributed by atoms with Gasteiger partial charge in [0.15, 0.2) is 15.8 Å². The number of hydrogen-bond acceptors (Lipinski definition) is 3. The van der Waals surface area contributed by atoms with E-state index in [0.717, 1.165) is 42.6 Å². The molecular formula is C18H34IN3O2S. The maximum Gasteiger partial charge on any atom is 0.191 e. The van der Waals surface area contributed by atoms with Gasteiger partial charge in [-0.1, -0.05) is 26.0 Å². The van der Waals surface area contributed by atoms with Crippen LogP contribution in [0.1, 0.15) is 46.5 Å². The van der Waals surface area contributed by atoms with Crippen molar-refractivity contribution in [2.75, 3.05) is 24.6 Å². The fourth-order valence-corrected chi connectivity index (χ4v) is 5.76. The number of sulfone groups is 1. The highest BCUT2D eigenvalue weighted by Crippen LogP contribution is 2.28. The van der Waals surface area contributed by atoms with E-state index in [1.807, 2.05) is 6.92 Å². The summed E-state index contributed by atoms with van der Waals surface area (Å²) in [5.41, 5.74) is 1.02. The van der Waals surface area contributed by atoms with Gasteiger partial charge in [0.25, 0.3) is 0 Å². The normalized spacial score (nSPS) is 31.9. The zero-order valence-corrected chi connectivity index (χ0v) is 18.9. The maximum atomic E-state index is 11.6. The summed E-state index contributed by atoms with van der Waals surface area (Å²) in [7, 11) is -2.83. The van der Waals surface area contributed by atoms with Gasteiger partial charge in [0, 0.05) is 12.6 Å². The Kier molecular flexibility index (Phi) is 9.21. The minimum Gasteiger partial charge on any atom is -0.356 e. The average Bonchev–Trinajstić information content (AvgIpc) is 2.80. The highest BCUT2D eigenvalue weighted by molar-refractivity contribution is 14.0. The Balaban J connectivity index is 0.00000312. The summed E-state index contributed by atoms with van der Waals surface area (Å²) in [6.45, 7) is 11.8. The summed E-state index contributed by atoms with van der Waals surface area (Å²) in [4.78, 5) is 4.61. The first-order chi connectivity index (χ1) is 11.2. The molecule has 0 radical (unpaired) electrons. The van der Waals surface area contributed by atoms with Gasteiger partial charge in [-0.3, -0.25) is 0 Å². The van der Waals surface area contributed by atoms with Crippen LogP contribution in [0.5, 0.6) is 0 Å². The van der Waals surface area contributed by atoms with Crippen LogP contribution >= 0.6 is 24.0 Å². The minimum atomic E-state index is -2.83. The van der Waals surface area contributed by atoms with E-state index >= 15 is 0 Å². The van der Waals surface area contributed by atoms with Gasteiger partial charge >= 0.3 is 0 Å². The molecule has 2 fully saturated rings. The summed E-state index contributed by atoms with van der Waals surface area (Å²) in [5, 5.41) is 6.93. The Morgan fingerprint density at radius 1 is 1.20 bits per heavy atom. The third-order valence-corrected chi connectivity index (χ3v) is 6.75. The summed E-state index contributed by atoms with van der Waals surface area (Å²) < 4.78 is 23.2. The predicted molar refractivity (Wildman–Crippen MR) is 116 cm³/mol. The van der Waals surface area contributed by atoms with Crippen molar-refractivity contribution >= 4 is 39.8 Å². The first kappa shape index (κ1) is 22.7. The van der Waals surface area contributed by atoms with Crippen molar-refractivity contribution in [3.8, 4) is 0 Å². The molecule has 0 aromatic carbocycles. The fraction of sp³-hybridized carbons (Fsp3) is 0.833. The molecular weight excluding hydrogens is 449 g/mol. The van der Waals surface area contributed by atoms with Crippen molar-refractivity contribution in [3.05, 3.63) is 12.2 Å². The smallest absolute Gasteiger partial charge is 0.191 e. The minimum absolute atomic E-state index is 0. The molecule has 0 bridgehead atoms. The molecule has 2 N–H and O–H groups in total. The Bertz CT molecular complexity index is 567. The number of nitrogens with zero attached hydrogens (tertiary/aromatic N) is 1. The Morgan fingerprint density at radius 3 is 2.36 bits per heavy atom. The van der Waals surface area contributed by atoms with E-state index in [1.165, 1.54) is 6.42 Å². The van der Waals surface area contributed by atoms with Crippen molar-refractivity contribution in [1.29, 1.82) is 0 Å². The molecule has 5 nitrogen and oxygen atoms in total. The topological polar surface area (TPSA) is 70.6 Å². The van der Waals surface area contributed by atoms with Gasteiger partial charge in [0.1, 0.15) is 0 Å². The lowest BCUT2D eigenvalue weighted by atomic mass is 9.80. The first-order valence-corrected chi connectivity index (χ1v) is 11.0. The molecule has 1 saturated carbocycles. The average molecular weight is 483 g/mol. The van der Waals surface area contributed by atoms with Gasteiger partial charge in [-0.05, 0) is 50.4 Å². The first-order valence-electron chi connectivity index (χ1n) is 9.13. The van der Waals surface area contributed by atoms with Crippen LogP contribution in [0.2, 0.25) is 0 Å². The summed E-state index contributed by atoms with van der Waals surface area (Å²) in [5.74, 6) is 3.07. The second-order valence-electron chi connectivity index (χ2n) is 8.03. The van der Waals surface area contributed by atoms with Crippen molar-refractivity contribution in [3.63, 3.8) is 0 Å². The van der Waals surface area contributed by atoms with Crippen molar-refractivity contribution in [2.45, 2.75) is 52.5 Å². The molecule has 1 aliphatic carbocycles. The standard InChI is InChI=1S/C18H33N3O2S.HI/c1-13(2)10-19-18(20-11-16-5-6-24(22,23)12-16)21-17-8-14(3)7-15(4)9-17;/h14-17H,1,5-12H2,2-4H3,(H2,19,20,21);1H. The highest BCUT2D eigenvalue weighted by atomic mass is 127. The van der Waals surface area contributed by atoms with E-state index < -0.39 is 9.84 Å². The van der Waals surface area contributed by atoms with Gasteiger partial charge in [0.2, 0.25) is 0 Å². The Hall–Kier alpha value is -0.310. The van der Waals surface area contributed by atoms with Gasteiger partial charge in [-0.25, -0.2) is 13.4 Å². The third-order valence-electron chi connectivity index (χ3n) is 4.91.